The summed E-state index contributed by atoms with van der Waals surface area (Å²) in [4.78, 5) is 11.2. The largest absolute Gasteiger partial charge is 0.497 e. The molecule has 1 unspecified atom stereocenters. The van der Waals surface area contributed by atoms with E-state index in [1.165, 1.54) is 45.2 Å². The minimum atomic E-state index is -3.92. The van der Waals surface area contributed by atoms with Crippen LogP contribution in [0.5, 0.6) is 5.75 Å². The van der Waals surface area contributed by atoms with E-state index in [9.17, 15) is 13.2 Å². The summed E-state index contributed by atoms with van der Waals surface area (Å²) >= 11 is 0. The zero-order valence-corrected chi connectivity index (χ0v) is 13.0. The molecule has 1 aromatic rings. The molecule has 0 aliphatic carbocycles. The van der Waals surface area contributed by atoms with E-state index in [0.29, 0.717) is 5.75 Å². The number of ether oxygens (including phenoxy) is 2. The standard InChI is InChI=1S/C14H18O6S/c1-10(2)14(15)19-9-11(3)20-21(16,17)13-7-5-12(18-4)6-8-13/h5-8,11H,1,9H2,2-4H3. The van der Waals surface area contributed by atoms with Crippen molar-refractivity contribution in [2.24, 2.45) is 0 Å². The summed E-state index contributed by atoms with van der Waals surface area (Å²) in [5.74, 6) is -0.0512. The second-order valence-corrected chi connectivity index (χ2v) is 5.99. The van der Waals surface area contributed by atoms with Gasteiger partial charge in [0, 0.05) is 5.57 Å². The number of hydrogen-bond acceptors (Lipinski definition) is 6. The highest BCUT2D eigenvalue weighted by atomic mass is 32.2. The molecule has 0 saturated carbocycles. The molecule has 0 fully saturated rings. The van der Waals surface area contributed by atoms with E-state index < -0.39 is 22.2 Å². The third kappa shape index (κ3) is 5.20. The van der Waals surface area contributed by atoms with Crippen molar-refractivity contribution in [1.82, 2.24) is 0 Å². The van der Waals surface area contributed by atoms with Crippen LogP contribution in [0, 0.1) is 0 Å². The Bertz CT molecular complexity index is 603. The molecule has 1 aromatic carbocycles. The monoisotopic (exact) mass is 314 g/mol. The van der Waals surface area contributed by atoms with E-state index in [1.807, 2.05) is 0 Å². The molecule has 0 bridgehead atoms. The number of benzene rings is 1. The predicted molar refractivity (Wildman–Crippen MR) is 76.5 cm³/mol. The molecule has 0 radical (unpaired) electrons. The number of hydrogen-bond donors (Lipinski definition) is 0. The van der Waals surface area contributed by atoms with Crippen LogP contribution in [0.15, 0.2) is 41.3 Å². The first-order valence-corrected chi connectivity index (χ1v) is 7.57. The average molecular weight is 314 g/mol. The van der Waals surface area contributed by atoms with Gasteiger partial charge in [0.25, 0.3) is 10.1 Å². The summed E-state index contributed by atoms with van der Waals surface area (Å²) in [6, 6.07) is 5.78. The first-order valence-electron chi connectivity index (χ1n) is 6.16. The van der Waals surface area contributed by atoms with Crippen LogP contribution in [0.1, 0.15) is 13.8 Å². The number of rotatable bonds is 7. The van der Waals surface area contributed by atoms with E-state index in [2.05, 4.69) is 6.58 Å². The van der Waals surface area contributed by atoms with Gasteiger partial charge in [-0.2, -0.15) is 8.42 Å². The van der Waals surface area contributed by atoms with Gasteiger partial charge in [-0.15, -0.1) is 0 Å². The maximum absolute atomic E-state index is 12.0. The summed E-state index contributed by atoms with van der Waals surface area (Å²) in [6.07, 6.45) is -0.805. The van der Waals surface area contributed by atoms with Crippen molar-refractivity contribution in [1.29, 1.82) is 0 Å². The maximum atomic E-state index is 12.0. The Morgan fingerprint density at radius 2 is 1.86 bits per heavy atom. The normalized spacial score (nSPS) is 12.5. The fourth-order valence-electron chi connectivity index (χ4n) is 1.36. The molecule has 1 rings (SSSR count). The minimum Gasteiger partial charge on any atom is -0.497 e. The molecule has 0 spiro atoms. The van der Waals surface area contributed by atoms with Crippen molar-refractivity contribution >= 4 is 16.1 Å². The molecule has 21 heavy (non-hydrogen) atoms. The van der Waals surface area contributed by atoms with Crippen LogP contribution in [0.25, 0.3) is 0 Å². The zero-order valence-electron chi connectivity index (χ0n) is 12.2. The summed E-state index contributed by atoms with van der Waals surface area (Å²) in [7, 11) is -2.44. The molecule has 0 N–H and O–H groups in total. The highest BCUT2D eigenvalue weighted by molar-refractivity contribution is 7.86. The molecule has 0 saturated heterocycles. The smallest absolute Gasteiger partial charge is 0.333 e. The van der Waals surface area contributed by atoms with Gasteiger partial charge >= 0.3 is 5.97 Å². The van der Waals surface area contributed by atoms with Crippen LogP contribution in [0.4, 0.5) is 0 Å². The van der Waals surface area contributed by atoms with E-state index in [4.69, 9.17) is 13.7 Å². The number of esters is 1. The van der Waals surface area contributed by atoms with Crippen LogP contribution >= 0.6 is 0 Å². The van der Waals surface area contributed by atoms with Crippen molar-refractivity contribution in [3.05, 3.63) is 36.4 Å². The van der Waals surface area contributed by atoms with Gasteiger partial charge in [0.1, 0.15) is 18.5 Å². The summed E-state index contributed by atoms with van der Waals surface area (Å²) in [6.45, 7) is 6.24. The Morgan fingerprint density at radius 3 is 2.33 bits per heavy atom. The lowest BCUT2D eigenvalue weighted by atomic mass is 10.3. The van der Waals surface area contributed by atoms with E-state index in [1.54, 1.807) is 0 Å². The molecular weight excluding hydrogens is 296 g/mol. The average Bonchev–Trinajstić information content (AvgIpc) is 2.44. The topological polar surface area (TPSA) is 78.9 Å². The van der Waals surface area contributed by atoms with Crippen LogP contribution in [0.3, 0.4) is 0 Å². The first kappa shape index (κ1) is 17.2. The number of carbonyl (C=O) groups is 1. The van der Waals surface area contributed by atoms with Crippen LogP contribution in [-0.2, 0) is 23.8 Å². The minimum absolute atomic E-state index is 0.00128. The first-order chi connectivity index (χ1) is 9.76. The fraction of sp³-hybridized carbons (Fsp3) is 0.357. The van der Waals surface area contributed by atoms with Crippen molar-refractivity contribution in [2.45, 2.75) is 24.8 Å². The Balaban J connectivity index is 2.66. The third-order valence-corrected chi connectivity index (χ3v) is 3.87. The van der Waals surface area contributed by atoms with E-state index >= 15 is 0 Å². The Hall–Kier alpha value is -1.86. The highest BCUT2D eigenvalue weighted by Crippen LogP contribution is 2.18. The van der Waals surface area contributed by atoms with E-state index in [0.717, 1.165) is 0 Å². The van der Waals surface area contributed by atoms with Crippen LogP contribution in [0.2, 0.25) is 0 Å². The van der Waals surface area contributed by atoms with Crippen molar-refractivity contribution in [3.8, 4) is 5.75 Å². The Morgan fingerprint density at radius 1 is 1.29 bits per heavy atom. The van der Waals surface area contributed by atoms with E-state index in [-0.39, 0.29) is 17.1 Å². The molecule has 116 valence electrons. The quantitative estimate of drug-likeness (QED) is 0.434. The second kappa shape index (κ2) is 7.24. The second-order valence-electron chi connectivity index (χ2n) is 4.42. The van der Waals surface area contributed by atoms with Crippen LogP contribution in [-0.4, -0.2) is 34.2 Å². The fourth-order valence-corrected chi connectivity index (χ4v) is 2.43. The zero-order chi connectivity index (χ0) is 16.0. The molecule has 6 nitrogen and oxygen atoms in total. The Labute approximate surface area is 124 Å². The summed E-state index contributed by atoms with van der Waals surface area (Å²) in [5, 5.41) is 0. The maximum Gasteiger partial charge on any atom is 0.333 e. The molecule has 0 amide bonds. The Kier molecular flexibility index (Phi) is 5.92. The molecule has 1 atom stereocenters. The number of carbonyl (C=O) groups excluding carboxylic acids is 1. The lowest BCUT2D eigenvalue weighted by Gasteiger charge is -2.13. The van der Waals surface area contributed by atoms with Gasteiger partial charge in [0.2, 0.25) is 0 Å². The summed E-state index contributed by atoms with van der Waals surface area (Å²) < 4.78 is 38.7. The van der Waals surface area contributed by atoms with Gasteiger partial charge in [-0.1, -0.05) is 6.58 Å². The van der Waals surface area contributed by atoms with Gasteiger partial charge < -0.3 is 9.47 Å². The number of methoxy groups -OCH3 is 1. The highest BCUT2D eigenvalue weighted by Gasteiger charge is 2.20. The molecule has 0 aliphatic rings. The lowest BCUT2D eigenvalue weighted by Crippen LogP contribution is -2.22. The lowest BCUT2D eigenvalue weighted by molar-refractivity contribution is -0.141. The molecule has 0 heterocycles. The van der Waals surface area contributed by atoms with Gasteiger partial charge in [0.05, 0.1) is 12.0 Å². The SMILES string of the molecule is C=C(C)C(=O)OCC(C)OS(=O)(=O)c1ccc(OC)cc1. The van der Waals surface area contributed by atoms with Crippen molar-refractivity contribution < 1.29 is 26.9 Å². The van der Waals surface area contributed by atoms with Crippen molar-refractivity contribution in [2.75, 3.05) is 13.7 Å². The molecular formula is C14H18O6S. The van der Waals surface area contributed by atoms with Gasteiger partial charge in [-0.3, -0.25) is 4.18 Å². The molecule has 0 aliphatic heterocycles. The van der Waals surface area contributed by atoms with Gasteiger partial charge in [-0.25, -0.2) is 4.79 Å². The third-order valence-electron chi connectivity index (χ3n) is 2.44. The predicted octanol–water partition coefficient (Wildman–Crippen LogP) is 1.91. The van der Waals surface area contributed by atoms with Gasteiger partial charge in [-0.05, 0) is 38.1 Å². The van der Waals surface area contributed by atoms with Crippen molar-refractivity contribution in [3.63, 3.8) is 0 Å². The summed E-state index contributed by atoms with van der Waals surface area (Å²) in [5.41, 5.74) is 0.236. The van der Waals surface area contributed by atoms with Crippen LogP contribution < -0.4 is 4.74 Å². The molecule has 0 aromatic heterocycles. The van der Waals surface area contributed by atoms with Gasteiger partial charge in [0.15, 0.2) is 0 Å². The molecule has 7 heteroatoms.